The maximum absolute atomic E-state index is 1.71. The van der Waals surface area contributed by atoms with E-state index in [9.17, 15) is 0 Å². The van der Waals surface area contributed by atoms with E-state index in [2.05, 4.69) is 0 Å². The Morgan fingerprint density at radius 1 is 0.167 bits per heavy atom. The second-order valence-corrected chi connectivity index (χ2v) is 21.8. The highest BCUT2D eigenvalue weighted by Gasteiger charge is 2.57. The lowest BCUT2D eigenvalue weighted by atomic mass is 9.52. The summed E-state index contributed by atoms with van der Waals surface area (Å²) >= 11 is 0. The topological polar surface area (TPSA) is 0 Å². The van der Waals surface area contributed by atoms with Crippen LogP contribution >= 0.6 is 0 Å². The van der Waals surface area contributed by atoms with E-state index in [1.54, 1.807) is 193 Å². The normalized spacial score (nSPS) is 53.2. The van der Waals surface area contributed by atoms with Gasteiger partial charge < -0.3 is 0 Å². The van der Waals surface area contributed by atoms with Crippen LogP contribution in [0.25, 0.3) is 0 Å². The molecule has 48 heavy (non-hydrogen) atoms. The molecule has 0 aromatic carbocycles. The van der Waals surface area contributed by atoms with Gasteiger partial charge in [-0.25, -0.2) is 0 Å². The Morgan fingerprint density at radius 2 is 0.542 bits per heavy atom. The maximum atomic E-state index is 1.71. The lowest BCUT2D eigenvalue weighted by Gasteiger charge is -2.53. The van der Waals surface area contributed by atoms with Gasteiger partial charge in [0.15, 0.2) is 0 Å². The van der Waals surface area contributed by atoms with Crippen LogP contribution in [0.4, 0.5) is 0 Å². The molecule has 10 rings (SSSR count). The first-order chi connectivity index (χ1) is 23.8. The summed E-state index contributed by atoms with van der Waals surface area (Å²) in [4.78, 5) is 0. The van der Waals surface area contributed by atoms with Gasteiger partial charge in [0.05, 0.1) is 0 Å². The molecule has 10 fully saturated rings. The van der Waals surface area contributed by atoms with Crippen molar-refractivity contribution in [3.05, 3.63) is 0 Å². The number of hydrogen-bond acceptors (Lipinski definition) is 0. The standard InChI is InChI=1S/C48H78/c1-3-12-31(13-4-1)37-24-38(26-40(25-37)44-21-11-19-36-23-35-18-9-10-20-43(35)47(36)44)39-27-42-28-41-22-33-16-7-8-17-34(33)29-46(41)48(42)45(30-39)32-14-5-2-6-15-32/h31-48H,1-30H2. The zero-order valence-electron chi connectivity index (χ0n) is 31.6. The summed E-state index contributed by atoms with van der Waals surface area (Å²) < 4.78 is 0. The van der Waals surface area contributed by atoms with Gasteiger partial charge in [-0.1, -0.05) is 122 Å². The van der Waals surface area contributed by atoms with Crippen molar-refractivity contribution in [3.63, 3.8) is 0 Å². The summed E-state index contributed by atoms with van der Waals surface area (Å²) in [6.07, 6.45) is 48.6. The van der Waals surface area contributed by atoms with Crippen molar-refractivity contribution in [2.75, 3.05) is 0 Å². The number of rotatable bonds is 4. The fourth-order valence-electron chi connectivity index (χ4n) is 18.5. The van der Waals surface area contributed by atoms with E-state index in [0.717, 1.165) is 107 Å². The molecule has 0 bridgehead atoms. The van der Waals surface area contributed by atoms with Crippen molar-refractivity contribution in [1.29, 1.82) is 0 Å². The summed E-state index contributed by atoms with van der Waals surface area (Å²) in [7, 11) is 0. The molecule has 0 aliphatic heterocycles. The third-order valence-corrected chi connectivity index (χ3v) is 20.1. The second kappa shape index (κ2) is 14.1. The van der Waals surface area contributed by atoms with E-state index >= 15 is 0 Å². The summed E-state index contributed by atoms with van der Waals surface area (Å²) in [5.74, 6) is 20.4. The molecular formula is C48H78. The molecule has 0 radical (unpaired) electrons. The number of fused-ring (bicyclic) bond motifs is 7. The molecular weight excluding hydrogens is 577 g/mol. The summed E-state index contributed by atoms with van der Waals surface area (Å²) in [6.45, 7) is 0. The Balaban J connectivity index is 0.928. The van der Waals surface area contributed by atoms with Crippen LogP contribution in [0.3, 0.4) is 0 Å². The lowest BCUT2D eigenvalue weighted by molar-refractivity contribution is -0.0332. The third kappa shape index (κ3) is 6.06. The van der Waals surface area contributed by atoms with Crippen LogP contribution < -0.4 is 0 Å². The molecule has 0 aromatic heterocycles. The van der Waals surface area contributed by atoms with Gasteiger partial charge in [-0.05, 0) is 177 Å². The Morgan fingerprint density at radius 3 is 1.33 bits per heavy atom. The molecule has 10 aliphatic carbocycles. The van der Waals surface area contributed by atoms with E-state index in [4.69, 9.17) is 0 Å². The molecule has 0 saturated heterocycles. The molecule has 0 spiro atoms. The molecule has 10 aliphatic rings. The molecule has 0 heteroatoms. The molecule has 270 valence electrons. The van der Waals surface area contributed by atoms with E-state index in [1.807, 2.05) is 0 Å². The van der Waals surface area contributed by atoms with Crippen molar-refractivity contribution in [3.8, 4) is 0 Å². The predicted octanol–water partition coefficient (Wildman–Crippen LogP) is 13.9. The third-order valence-electron chi connectivity index (χ3n) is 20.1. The Hall–Kier alpha value is 0. The minimum absolute atomic E-state index is 1.11. The van der Waals surface area contributed by atoms with Gasteiger partial charge >= 0.3 is 0 Å². The minimum Gasteiger partial charge on any atom is -0.0533 e. The summed E-state index contributed by atoms with van der Waals surface area (Å²) in [6, 6.07) is 0. The fourth-order valence-corrected chi connectivity index (χ4v) is 18.5. The van der Waals surface area contributed by atoms with Crippen LogP contribution in [0.5, 0.6) is 0 Å². The molecule has 16 unspecified atom stereocenters. The van der Waals surface area contributed by atoms with E-state index in [-0.39, 0.29) is 0 Å². The van der Waals surface area contributed by atoms with Crippen LogP contribution in [0.2, 0.25) is 0 Å². The largest absolute Gasteiger partial charge is 0.0533 e. The molecule has 0 amide bonds. The van der Waals surface area contributed by atoms with Gasteiger partial charge in [0.2, 0.25) is 0 Å². The van der Waals surface area contributed by atoms with Gasteiger partial charge in [0.1, 0.15) is 0 Å². The van der Waals surface area contributed by atoms with Gasteiger partial charge in [-0.15, -0.1) is 0 Å². The SMILES string of the molecule is C1CCC(C2CC(C3CC4CC5CC6CCCCC6CC5C4C(C4CCCCC4)C3)CC(C3CCCC4CC5CCCCC5C43)C2)CC1. The van der Waals surface area contributed by atoms with Gasteiger partial charge in [-0.3, -0.25) is 0 Å². The second-order valence-electron chi connectivity index (χ2n) is 21.8. The lowest BCUT2D eigenvalue weighted by Crippen LogP contribution is -2.44. The molecule has 10 saturated carbocycles. The Kier molecular flexibility index (Phi) is 9.58. The van der Waals surface area contributed by atoms with E-state index < -0.39 is 0 Å². The Bertz CT molecular complexity index is 1060. The monoisotopic (exact) mass is 655 g/mol. The van der Waals surface area contributed by atoms with Crippen molar-refractivity contribution in [2.45, 2.75) is 193 Å². The van der Waals surface area contributed by atoms with Crippen molar-refractivity contribution < 1.29 is 0 Å². The Labute approximate surface area is 298 Å². The van der Waals surface area contributed by atoms with E-state index in [0.29, 0.717) is 0 Å². The van der Waals surface area contributed by atoms with Crippen molar-refractivity contribution in [2.24, 2.45) is 107 Å². The van der Waals surface area contributed by atoms with Crippen LogP contribution in [-0.4, -0.2) is 0 Å². The highest BCUT2D eigenvalue weighted by atomic mass is 14.6. The van der Waals surface area contributed by atoms with Gasteiger partial charge in [0, 0.05) is 0 Å². The molecule has 0 heterocycles. The smallest absolute Gasteiger partial charge is 0.0323 e. The van der Waals surface area contributed by atoms with Crippen LogP contribution in [0.1, 0.15) is 193 Å². The van der Waals surface area contributed by atoms with Crippen LogP contribution in [0.15, 0.2) is 0 Å². The molecule has 0 nitrogen and oxygen atoms in total. The molecule has 16 atom stereocenters. The quantitative estimate of drug-likeness (QED) is 0.283. The van der Waals surface area contributed by atoms with Crippen molar-refractivity contribution in [1.82, 2.24) is 0 Å². The first kappa shape index (κ1) is 32.6. The van der Waals surface area contributed by atoms with Gasteiger partial charge in [0.25, 0.3) is 0 Å². The zero-order chi connectivity index (χ0) is 31.6. The first-order valence-electron chi connectivity index (χ1n) is 23.8. The van der Waals surface area contributed by atoms with Crippen molar-refractivity contribution >= 4 is 0 Å². The highest BCUT2D eigenvalue weighted by molar-refractivity contribution is 5.06. The fraction of sp³-hybridized carbons (Fsp3) is 1.00. The average Bonchev–Trinajstić information content (AvgIpc) is 3.72. The first-order valence-corrected chi connectivity index (χ1v) is 23.8. The highest BCUT2D eigenvalue weighted by Crippen LogP contribution is 2.65. The molecule has 0 N–H and O–H groups in total. The molecule has 0 aromatic rings. The van der Waals surface area contributed by atoms with E-state index in [1.165, 1.54) is 0 Å². The van der Waals surface area contributed by atoms with Gasteiger partial charge in [-0.2, -0.15) is 0 Å². The minimum atomic E-state index is 1.11. The van der Waals surface area contributed by atoms with Crippen LogP contribution in [-0.2, 0) is 0 Å². The zero-order valence-corrected chi connectivity index (χ0v) is 31.6. The number of hydrogen-bond donors (Lipinski definition) is 0. The summed E-state index contributed by atoms with van der Waals surface area (Å²) in [5, 5.41) is 0. The predicted molar refractivity (Wildman–Crippen MR) is 201 cm³/mol. The average molecular weight is 655 g/mol. The maximum Gasteiger partial charge on any atom is -0.0323 e. The summed E-state index contributed by atoms with van der Waals surface area (Å²) in [5.41, 5.74) is 0. The van der Waals surface area contributed by atoms with Crippen LogP contribution in [0, 0.1) is 107 Å².